The average Bonchev–Trinajstić information content (AvgIpc) is 3.39. The van der Waals surface area contributed by atoms with Gasteiger partial charge in [0, 0.05) is 47.8 Å². The predicted molar refractivity (Wildman–Crippen MR) is 113 cm³/mol. The number of hydrogen-bond donors (Lipinski definition) is 2. The minimum absolute atomic E-state index is 0.137. The molecule has 3 N–H and O–H groups in total. The van der Waals surface area contributed by atoms with E-state index >= 15 is 0 Å². The van der Waals surface area contributed by atoms with E-state index in [4.69, 9.17) is 10.5 Å². The molecule has 1 amide bonds. The van der Waals surface area contributed by atoms with Gasteiger partial charge in [0.2, 0.25) is 5.91 Å². The first kappa shape index (κ1) is 19.8. The van der Waals surface area contributed by atoms with Crippen molar-refractivity contribution >= 4 is 34.3 Å². The van der Waals surface area contributed by atoms with Gasteiger partial charge in [0.25, 0.3) is 0 Å². The van der Waals surface area contributed by atoms with E-state index in [0.29, 0.717) is 29.1 Å². The van der Waals surface area contributed by atoms with Gasteiger partial charge in [0.05, 0.1) is 12.3 Å². The molecule has 2 unspecified atom stereocenters. The minimum atomic E-state index is -0.343. The second-order valence-electron chi connectivity index (χ2n) is 8.05. The van der Waals surface area contributed by atoms with Gasteiger partial charge in [-0.2, -0.15) is 0 Å². The molecular weight excluding hydrogens is 382 g/mol. The lowest BCUT2D eigenvalue weighted by Crippen LogP contribution is -2.21. The highest BCUT2D eigenvalue weighted by Crippen LogP contribution is 2.52. The van der Waals surface area contributed by atoms with Crippen LogP contribution >= 0.6 is 0 Å². The maximum Gasteiger partial charge on any atom is 0.302 e. The molecule has 0 bridgehead atoms. The molecule has 8 nitrogen and oxygen atoms in total. The van der Waals surface area contributed by atoms with Crippen LogP contribution in [0.15, 0.2) is 36.8 Å². The van der Waals surface area contributed by atoms with Crippen molar-refractivity contribution in [2.75, 3.05) is 17.7 Å². The number of carbonyl (C=O) groups is 2. The van der Waals surface area contributed by atoms with Gasteiger partial charge in [-0.1, -0.05) is 6.92 Å². The quantitative estimate of drug-likeness (QED) is 0.626. The summed E-state index contributed by atoms with van der Waals surface area (Å²) in [5.41, 5.74) is 8.47. The number of anilines is 2. The summed E-state index contributed by atoms with van der Waals surface area (Å²) in [6.07, 6.45) is 5.76. The molecule has 154 valence electrons. The van der Waals surface area contributed by atoms with Crippen molar-refractivity contribution in [3.63, 3.8) is 0 Å². The van der Waals surface area contributed by atoms with E-state index < -0.39 is 0 Å². The molecule has 1 aliphatic carbocycles. The van der Waals surface area contributed by atoms with Gasteiger partial charge in [0.1, 0.15) is 11.6 Å². The van der Waals surface area contributed by atoms with Gasteiger partial charge in [-0.3, -0.25) is 14.6 Å². The number of nitrogens with zero attached hydrogens (tertiary/aromatic N) is 3. The zero-order valence-electron chi connectivity index (χ0n) is 17.1. The topological polar surface area (TPSA) is 120 Å². The van der Waals surface area contributed by atoms with Crippen LogP contribution in [0.3, 0.4) is 0 Å². The van der Waals surface area contributed by atoms with Crippen molar-refractivity contribution in [2.45, 2.75) is 27.2 Å². The van der Waals surface area contributed by atoms with Crippen LogP contribution in [0.5, 0.6) is 0 Å². The maximum atomic E-state index is 12.6. The van der Waals surface area contributed by atoms with E-state index in [1.807, 2.05) is 26.0 Å². The molecule has 0 aliphatic heterocycles. The van der Waals surface area contributed by atoms with Crippen LogP contribution in [0.4, 0.5) is 11.6 Å². The van der Waals surface area contributed by atoms with Gasteiger partial charge in [-0.05, 0) is 42.5 Å². The molecule has 30 heavy (non-hydrogen) atoms. The summed E-state index contributed by atoms with van der Waals surface area (Å²) < 4.78 is 5.07. The minimum Gasteiger partial charge on any atom is -0.465 e. The third-order valence-electron chi connectivity index (χ3n) is 5.58. The standard InChI is InChI=1S/C22H23N5O3/c1-12-4-5-24-9-15(12)18-6-14-7-19(25-10-16(14)20(23)26-18)27-21(29)17-8-22(17,3)11-30-13(2)28/h4-7,9-10,17H,8,11H2,1-3H3,(H2,23,26)(H,25,27,29). The van der Waals surface area contributed by atoms with E-state index in [1.165, 1.54) is 6.92 Å². The van der Waals surface area contributed by atoms with Crippen molar-refractivity contribution in [1.29, 1.82) is 0 Å². The number of aryl methyl sites for hydroxylation is 1. The van der Waals surface area contributed by atoms with Crippen molar-refractivity contribution in [1.82, 2.24) is 15.0 Å². The second-order valence-corrected chi connectivity index (χ2v) is 8.05. The molecule has 0 spiro atoms. The normalized spacial score (nSPS) is 20.0. The number of amides is 1. The van der Waals surface area contributed by atoms with Crippen molar-refractivity contribution in [3.8, 4) is 11.3 Å². The number of pyridine rings is 3. The number of ether oxygens (including phenoxy) is 1. The number of carbonyl (C=O) groups excluding carboxylic acids is 2. The molecule has 4 rings (SSSR count). The molecule has 2 atom stereocenters. The van der Waals surface area contributed by atoms with Crippen LogP contribution in [0, 0.1) is 18.3 Å². The second kappa shape index (κ2) is 7.37. The Hall–Kier alpha value is -3.55. The number of aromatic nitrogens is 3. The van der Waals surface area contributed by atoms with Crippen LogP contribution in [0.2, 0.25) is 0 Å². The van der Waals surface area contributed by atoms with Gasteiger partial charge in [-0.15, -0.1) is 0 Å². The number of rotatable bonds is 5. The molecule has 0 aromatic carbocycles. The Kier molecular flexibility index (Phi) is 4.85. The summed E-state index contributed by atoms with van der Waals surface area (Å²) in [7, 11) is 0. The Balaban J connectivity index is 1.57. The van der Waals surface area contributed by atoms with Gasteiger partial charge < -0.3 is 15.8 Å². The lowest BCUT2D eigenvalue weighted by molar-refractivity contribution is -0.143. The Morgan fingerprint density at radius 3 is 2.87 bits per heavy atom. The smallest absolute Gasteiger partial charge is 0.302 e. The summed E-state index contributed by atoms with van der Waals surface area (Å²) in [4.78, 5) is 36.6. The molecule has 3 aromatic rings. The molecule has 0 saturated heterocycles. The van der Waals surface area contributed by atoms with Crippen molar-refractivity contribution < 1.29 is 14.3 Å². The Morgan fingerprint density at radius 2 is 2.13 bits per heavy atom. The molecule has 8 heteroatoms. The molecule has 0 radical (unpaired) electrons. The SMILES string of the molecule is CC(=O)OCC1(C)CC1C(=O)Nc1cc2cc(-c3cnccc3C)nc(N)c2cn1. The molecule has 1 saturated carbocycles. The lowest BCUT2D eigenvalue weighted by Gasteiger charge is -2.12. The summed E-state index contributed by atoms with van der Waals surface area (Å²) in [5.74, 6) is 0.109. The third-order valence-corrected chi connectivity index (χ3v) is 5.58. The Morgan fingerprint density at radius 1 is 1.33 bits per heavy atom. The average molecular weight is 405 g/mol. The monoisotopic (exact) mass is 405 g/mol. The Labute approximate surface area is 173 Å². The highest BCUT2D eigenvalue weighted by molar-refractivity contribution is 5.98. The molecule has 3 heterocycles. The van der Waals surface area contributed by atoms with Gasteiger partial charge >= 0.3 is 5.97 Å². The number of nitrogen functional groups attached to an aromatic ring is 1. The van der Waals surface area contributed by atoms with E-state index in [2.05, 4.69) is 20.3 Å². The van der Waals surface area contributed by atoms with Crippen LogP contribution < -0.4 is 11.1 Å². The number of fused-ring (bicyclic) bond motifs is 1. The first-order valence-corrected chi connectivity index (χ1v) is 9.68. The number of esters is 1. The van der Waals surface area contributed by atoms with Crippen molar-refractivity contribution in [3.05, 3.63) is 42.4 Å². The molecule has 1 fully saturated rings. The number of nitrogens with one attached hydrogen (secondary N) is 1. The Bertz CT molecular complexity index is 1160. The fraction of sp³-hybridized carbons (Fsp3) is 0.318. The van der Waals surface area contributed by atoms with Crippen LogP contribution in [-0.4, -0.2) is 33.4 Å². The number of nitrogens with two attached hydrogens (primary N) is 1. The number of hydrogen-bond acceptors (Lipinski definition) is 7. The first-order valence-electron chi connectivity index (χ1n) is 9.68. The van der Waals surface area contributed by atoms with Crippen LogP contribution in [0.1, 0.15) is 25.8 Å². The summed E-state index contributed by atoms with van der Waals surface area (Å²) in [6.45, 7) is 5.52. The zero-order valence-corrected chi connectivity index (χ0v) is 17.1. The lowest BCUT2D eigenvalue weighted by atomic mass is 10.1. The summed E-state index contributed by atoms with van der Waals surface area (Å²) in [5, 5.41) is 4.40. The van der Waals surface area contributed by atoms with E-state index in [-0.39, 0.29) is 29.8 Å². The van der Waals surface area contributed by atoms with Crippen LogP contribution in [-0.2, 0) is 14.3 Å². The highest BCUT2D eigenvalue weighted by atomic mass is 16.5. The summed E-state index contributed by atoms with van der Waals surface area (Å²) in [6, 6.07) is 5.61. The molecule has 3 aromatic heterocycles. The van der Waals surface area contributed by atoms with E-state index in [0.717, 1.165) is 16.5 Å². The molecular formula is C22H23N5O3. The first-order chi connectivity index (χ1) is 14.3. The van der Waals surface area contributed by atoms with Crippen molar-refractivity contribution in [2.24, 2.45) is 11.3 Å². The van der Waals surface area contributed by atoms with E-state index in [1.54, 1.807) is 24.7 Å². The summed E-state index contributed by atoms with van der Waals surface area (Å²) >= 11 is 0. The largest absolute Gasteiger partial charge is 0.465 e. The predicted octanol–water partition coefficient (Wildman–Crippen LogP) is 3.11. The van der Waals surface area contributed by atoms with Gasteiger partial charge in [0.15, 0.2) is 0 Å². The van der Waals surface area contributed by atoms with Gasteiger partial charge in [-0.25, -0.2) is 9.97 Å². The fourth-order valence-electron chi connectivity index (χ4n) is 3.57. The van der Waals surface area contributed by atoms with E-state index in [9.17, 15) is 9.59 Å². The third kappa shape index (κ3) is 3.80. The molecule has 1 aliphatic rings. The maximum absolute atomic E-state index is 12.6. The fourth-order valence-corrected chi connectivity index (χ4v) is 3.57. The highest BCUT2D eigenvalue weighted by Gasteiger charge is 2.55. The zero-order chi connectivity index (χ0) is 21.5. The van der Waals surface area contributed by atoms with Crippen LogP contribution in [0.25, 0.3) is 22.0 Å².